The lowest BCUT2D eigenvalue weighted by molar-refractivity contribution is 0.0503. The molecule has 0 spiro atoms. The van der Waals surface area contributed by atoms with Crippen LogP contribution in [0.1, 0.15) is 16.8 Å². The summed E-state index contributed by atoms with van der Waals surface area (Å²) >= 11 is 0. The van der Waals surface area contributed by atoms with Crippen LogP contribution in [0.4, 0.5) is 5.69 Å². The summed E-state index contributed by atoms with van der Waals surface area (Å²) in [6.45, 7) is 4.13. The van der Waals surface area contributed by atoms with Crippen molar-refractivity contribution in [2.75, 3.05) is 18.7 Å². The number of rotatable bonds is 7. The van der Waals surface area contributed by atoms with Crippen molar-refractivity contribution >= 4 is 11.7 Å². The van der Waals surface area contributed by atoms with Gasteiger partial charge in [-0.25, -0.2) is 9.80 Å². The first kappa shape index (κ1) is 18.2. The Kier molecular flexibility index (Phi) is 6.67. The Morgan fingerprint density at radius 2 is 2.32 bits per heavy atom. The second-order valence-electron chi connectivity index (χ2n) is 5.08. The predicted octanol–water partition coefficient (Wildman–Crippen LogP) is 3.45. The molecule has 1 aromatic carbocycles. The summed E-state index contributed by atoms with van der Waals surface area (Å²) < 4.78 is 5.25. The molecule has 0 saturated heterocycles. The molecule has 2 rings (SSSR count). The summed E-state index contributed by atoms with van der Waals surface area (Å²) in [5.41, 5.74) is 2.00. The standard InChI is InChI=1S/C18H20N4O3/c1-3-22(16-9-6-8-15(12-16)18(23)25-19)21-20-13-14-7-4-5-10-17(11-14)24-2/h3-6,8-12H,1,7,13,19H2,2H3. The van der Waals surface area contributed by atoms with Gasteiger partial charge in [-0.15, -0.1) is 0 Å². The number of hydrogen-bond donors (Lipinski definition) is 1. The quantitative estimate of drug-likeness (QED) is 0.606. The molecular formula is C18H20N4O3. The van der Waals surface area contributed by atoms with Gasteiger partial charge in [-0.1, -0.05) is 30.0 Å². The smallest absolute Gasteiger partial charge is 0.356 e. The first-order chi connectivity index (χ1) is 12.2. The first-order valence-corrected chi connectivity index (χ1v) is 7.58. The molecule has 25 heavy (non-hydrogen) atoms. The van der Waals surface area contributed by atoms with E-state index in [9.17, 15) is 4.79 Å². The van der Waals surface area contributed by atoms with Crippen molar-refractivity contribution in [1.82, 2.24) is 0 Å². The van der Waals surface area contributed by atoms with Crippen LogP contribution in [-0.4, -0.2) is 19.6 Å². The summed E-state index contributed by atoms with van der Waals surface area (Å²) in [5, 5.41) is 9.81. The summed E-state index contributed by atoms with van der Waals surface area (Å²) in [6, 6.07) is 6.66. The zero-order valence-corrected chi connectivity index (χ0v) is 14.0. The van der Waals surface area contributed by atoms with Crippen LogP contribution >= 0.6 is 0 Å². The third-order valence-electron chi connectivity index (χ3n) is 3.42. The van der Waals surface area contributed by atoms with Crippen molar-refractivity contribution in [2.45, 2.75) is 6.42 Å². The van der Waals surface area contributed by atoms with E-state index in [2.05, 4.69) is 21.8 Å². The molecule has 0 fully saturated rings. The zero-order valence-electron chi connectivity index (χ0n) is 14.0. The SMILES string of the molecule is C=CN(N=NCC1=CC(OC)=CC=CC1)c1cccc(C(=O)ON)c1. The van der Waals surface area contributed by atoms with E-state index < -0.39 is 5.97 Å². The van der Waals surface area contributed by atoms with Crippen molar-refractivity contribution in [3.05, 3.63) is 78.2 Å². The van der Waals surface area contributed by atoms with Gasteiger partial charge in [0, 0.05) is 6.20 Å². The minimum absolute atomic E-state index is 0.313. The first-order valence-electron chi connectivity index (χ1n) is 7.58. The van der Waals surface area contributed by atoms with Gasteiger partial charge in [0.25, 0.3) is 0 Å². The van der Waals surface area contributed by atoms with E-state index in [1.165, 1.54) is 11.2 Å². The Labute approximate surface area is 146 Å². The third kappa shape index (κ3) is 5.15. The minimum atomic E-state index is -0.628. The molecule has 0 radical (unpaired) electrons. The van der Waals surface area contributed by atoms with Gasteiger partial charge in [0.2, 0.25) is 0 Å². The minimum Gasteiger partial charge on any atom is -0.497 e. The second-order valence-corrected chi connectivity index (χ2v) is 5.08. The molecule has 0 saturated carbocycles. The molecule has 130 valence electrons. The van der Waals surface area contributed by atoms with Crippen LogP contribution < -0.4 is 10.9 Å². The average Bonchev–Trinajstić information content (AvgIpc) is 2.90. The van der Waals surface area contributed by atoms with Crippen LogP contribution in [0.15, 0.2) is 83.0 Å². The van der Waals surface area contributed by atoms with E-state index >= 15 is 0 Å². The fourth-order valence-electron chi connectivity index (χ4n) is 2.16. The normalized spacial score (nSPS) is 13.7. The lowest BCUT2D eigenvalue weighted by Gasteiger charge is -2.13. The molecule has 2 N–H and O–H groups in total. The number of nitrogens with zero attached hydrogens (tertiary/aromatic N) is 3. The summed E-state index contributed by atoms with van der Waals surface area (Å²) in [7, 11) is 1.62. The maximum atomic E-state index is 11.5. The monoisotopic (exact) mass is 340 g/mol. The van der Waals surface area contributed by atoms with Crippen molar-refractivity contribution in [3.8, 4) is 0 Å². The largest absolute Gasteiger partial charge is 0.497 e. The highest BCUT2D eigenvalue weighted by molar-refractivity contribution is 5.90. The van der Waals surface area contributed by atoms with Crippen molar-refractivity contribution in [3.63, 3.8) is 0 Å². The van der Waals surface area contributed by atoms with Crippen molar-refractivity contribution in [1.29, 1.82) is 0 Å². The number of allylic oxidation sites excluding steroid dienone is 4. The molecule has 7 heteroatoms. The Bertz CT molecular complexity index is 750. The molecule has 1 aliphatic carbocycles. The van der Waals surface area contributed by atoms with E-state index in [4.69, 9.17) is 10.6 Å². The highest BCUT2D eigenvalue weighted by Crippen LogP contribution is 2.18. The molecule has 0 heterocycles. The van der Waals surface area contributed by atoms with Gasteiger partial charge in [0.05, 0.1) is 24.9 Å². The molecular weight excluding hydrogens is 320 g/mol. The fraction of sp³-hybridized carbons (Fsp3) is 0.167. The maximum absolute atomic E-state index is 11.5. The van der Waals surface area contributed by atoms with Gasteiger partial charge in [-0.3, -0.25) is 0 Å². The van der Waals surface area contributed by atoms with E-state index in [1.807, 2.05) is 24.3 Å². The van der Waals surface area contributed by atoms with Crippen LogP contribution in [-0.2, 0) is 9.57 Å². The molecule has 7 nitrogen and oxygen atoms in total. The average molecular weight is 340 g/mol. The van der Waals surface area contributed by atoms with Crippen LogP contribution in [0.3, 0.4) is 0 Å². The highest BCUT2D eigenvalue weighted by Gasteiger charge is 2.09. The van der Waals surface area contributed by atoms with Crippen molar-refractivity contribution < 1.29 is 14.4 Å². The number of carbonyl (C=O) groups excluding carboxylic acids is 1. The lowest BCUT2D eigenvalue weighted by Crippen LogP contribution is -2.12. The van der Waals surface area contributed by atoms with Gasteiger partial charge < -0.3 is 9.57 Å². The third-order valence-corrected chi connectivity index (χ3v) is 3.42. The van der Waals surface area contributed by atoms with Gasteiger partial charge in [0.15, 0.2) is 0 Å². The second kappa shape index (κ2) is 9.19. The summed E-state index contributed by atoms with van der Waals surface area (Å²) in [4.78, 5) is 15.7. The van der Waals surface area contributed by atoms with Gasteiger partial charge in [-0.2, -0.15) is 11.0 Å². The van der Waals surface area contributed by atoms with Crippen LogP contribution in [0, 0.1) is 0 Å². The number of carbonyl (C=O) groups is 1. The van der Waals surface area contributed by atoms with Gasteiger partial charge in [-0.05, 0) is 42.3 Å². The lowest BCUT2D eigenvalue weighted by atomic mass is 10.2. The van der Waals surface area contributed by atoms with E-state index in [0.717, 1.165) is 17.8 Å². The van der Waals surface area contributed by atoms with Crippen LogP contribution in [0.25, 0.3) is 0 Å². The summed E-state index contributed by atoms with van der Waals surface area (Å²) in [5.74, 6) is 5.05. The number of anilines is 1. The Balaban J connectivity index is 2.09. The van der Waals surface area contributed by atoms with Crippen molar-refractivity contribution in [2.24, 2.45) is 16.2 Å². The van der Waals surface area contributed by atoms with E-state index in [-0.39, 0.29) is 0 Å². The molecule has 0 aromatic heterocycles. The molecule has 1 aromatic rings. The number of benzene rings is 1. The topological polar surface area (TPSA) is 89.5 Å². The highest BCUT2D eigenvalue weighted by atomic mass is 16.7. The summed E-state index contributed by atoms with van der Waals surface area (Å²) in [6.07, 6.45) is 10.1. The van der Waals surface area contributed by atoms with E-state index in [1.54, 1.807) is 31.4 Å². The molecule has 0 atom stereocenters. The predicted molar refractivity (Wildman–Crippen MR) is 95.4 cm³/mol. The van der Waals surface area contributed by atoms with E-state index in [0.29, 0.717) is 17.8 Å². The molecule has 0 amide bonds. The number of nitrogens with two attached hydrogens (primary N) is 1. The molecule has 0 aliphatic heterocycles. The zero-order chi connectivity index (χ0) is 18.1. The number of ether oxygens (including phenoxy) is 1. The number of methoxy groups -OCH3 is 1. The Hall–Kier alpha value is -3.19. The maximum Gasteiger partial charge on any atom is 0.356 e. The number of hydrogen-bond acceptors (Lipinski definition) is 6. The fourth-order valence-corrected chi connectivity index (χ4v) is 2.16. The van der Waals surface area contributed by atoms with Crippen LogP contribution in [0.5, 0.6) is 0 Å². The molecule has 0 bridgehead atoms. The molecule has 1 aliphatic rings. The van der Waals surface area contributed by atoms with Crippen LogP contribution in [0.2, 0.25) is 0 Å². The Morgan fingerprint density at radius 3 is 3.04 bits per heavy atom. The molecule has 0 unspecified atom stereocenters. The Morgan fingerprint density at radius 1 is 1.48 bits per heavy atom. The van der Waals surface area contributed by atoms with Gasteiger partial charge >= 0.3 is 5.97 Å². The van der Waals surface area contributed by atoms with Gasteiger partial charge in [0.1, 0.15) is 5.76 Å².